The molecule has 5 heteroatoms. The van der Waals surface area contributed by atoms with Crippen LogP contribution in [0.5, 0.6) is 0 Å². The normalized spacial score (nSPS) is 11.0. The van der Waals surface area contributed by atoms with Crippen LogP contribution in [0, 0.1) is 0 Å². The van der Waals surface area contributed by atoms with Gasteiger partial charge in [-0.3, -0.25) is 0 Å². The average molecular weight is 517 g/mol. The van der Waals surface area contributed by atoms with Crippen LogP contribution in [0.2, 0.25) is 0 Å². The Morgan fingerprint density at radius 3 is 1.55 bits per heavy atom. The highest BCUT2D eigenvalue weighted by molar-refractivity contribution is 5.81. The van der Waals surface area contributed by atoms with Crippen molar-refractivity contribution in [1.82, 2.24) is 15.0 Å². The van der Waals surface area contributed by atoms with E-state index in [1.54, 1.807) is 6.33 Å². The zero-order valence-corrected chi connectivity index (χ0v) is 21.6. The van der Waals surface area contributed by atoms with Gasteiger partial charge in [-0.05, 0) is 77.4 Å². The Bertz CT molecular complexity index is 1750. The Morgan fingerprint density at radius 1 is 0.450 bits per heavy atom. The van der Waals surface area contributed by atoms with Crippen LogP contribution in [-0.2, 0) is 0 Å². The first-order valence-corrected chi connectivity index (χ1v) is 13.1. The lowest BCUT2D eigenvalue weighted by molar-refractivity contribution is 0.620. The van der Waals surface area contributed by atoms with Crippen LogP contribution in [0.15, 0.2) is 151 Å². The molecule has 0 saturated heterocycles. The summed E-state index contributed by atoms with van der Waals surface area (Å²) in [5, 5.41) is 0. The van der Waals surface area contributed by atoms with Crippen LogP contribution < -0.4 is 4.90 Å². The summed E-state index contributed by atoms with van der Waals surface area (Å²) < 4.78 is 6.00. The molecule has 5 nitrogen and oxygen atoms in total. The third-order valence-corrected chi connectivity index (χ3v) is 6.92. The second-order valence-corrected chi connectivity index (χ2v) is 9.46. The molecule has 0 radical (unpaired) electrons. The van der Waals surface area contributed by atoms with Gasteiger partial charge in [0.25, 0.3) is 0 Å². The maximum absolute atomic E-state index is 6.00. The molecule has 7 aromatic rings. The van der Waals surface area contributed by atoms with Gasteiger partial charge in [0.15, 0.2) is 5.58 Å². The van der Waals surface area contributed by atoms with Crippen molar-refractivity contribution in [3.63, 3.8) is 0 Å². The van der Waals surface area contributed by atoms with Gasteiger partial charge in [-0.1, -0.05) is 66.7 Å². The number of nitrogens with zero attached hydrogens (tertiary/aromatic N) is 4. The van der Waals surface area contributed by atoms with Crippen LogP contribution in [0.25, 0.3) is 44.8 Å². The summed E-state index contributed by atoms with van der Waals surface area (Å²) >= 11 is 0. The number of rotatable bonds is 6. The molecule has 0 amide bonds. The smallest absolute Gasteiger partial charge is 0.227 e. The van der Waals surface area contributed by atoms with Crippen molar-refractivity contribution >= 4 is 28.2 Å². The quantitative estimate of drug-likeness (QED) is 0.221. The van der Waals surface area contributed by atoms with E-state index in [4.69, 9.17) is 4.42 Å². The minimum atomic E-state index is 0.612. The van der Waals surface area contributed by atoms with Gasteiger partial charge in [0.2, 0.25) is 5.89 Å². The molecule has 7 rings (SSSR count). The van der Waals surface area contributed by atoms with E-state index in [0.717, 1.165) is 44.9 Å². The molecule has 0 aliphatic heterocycles. The standard InChI is InChI=1S/C35H24N4O/c1-2-6-25(7-3-1)26-10-16-30(17-11-26)39(31-18-12-27(13-19-31)29-22-36-24-37-23-29)32-20-14-28(15-21-32)35-38-33-8-4-5-9-34(33)40-35/h1-24H. The van der Waals surface area contributed by atoms with Crippen molar-refractivity contribution in [2.45, 2.75) is 0 Å². The summed E-state index contributed by atoms with van der Waals surface area (Å²) in [6, 6.07) is 43.7. The first kappa shape index (κ1) is 23.6. The largest absolute Gasteiger partial charge is 0.436 e. The molecule has 0 aliphatic carbocycles. The summed E-state index contributed by atoms with van der Waals surface area (Å²) in [6.07, 6.45) is 5.20. The van der Waals surface area contributed by atoms with Crippen LogP contribution in [0.4, 0.5) is 17.1 Å². The van der Waals surface area contributed by atoms with E-state index >= 15 is 0 Å². The van der Waals surface area contributed by atoms with Crippen molar-refractivity contribution in [3.05, 3.63) is 146 Å². The van der Waals surface area contributed by atoms with E-state index in [9.17, 15) is 0 Å². The lowest BCUT2D eigenvalue weighted by atomic mass is 10.0. The molecule has 2 aromatic heterocycles. The molecule has 0 bridgehead atoms. The summed E-state index contributed by atoms with van der Waals surface area (Å²) in [7, 11) is 0. The van der Waals surface area contributed by atoms with Gasteiger partial charge in [-0.25, -0.2) is 15.0 Å². The second-order valence-electron chi connectivity index (χ2n) is 9.46. The van der Waals surface area contributed by atoms with Crippen LogP contribution >= 0.6 is 0 Å². The Morgan fingerprint density at radius 2 is 0.950 bits per heavy atom. The number of oxazole rings is 1. The van der Waals surface area contributed by atoms with Gasteiger partial charge in [-0.15, -0.1) is 0 Å². The minimum absolute atomic E-state index is 0.612. The molecular weight excluding hydrogens is 492 g/mol. The molecule has 0 unspecified atom stereocenters. The Labute approximate surface area is 232 Å². The molecule has 0 saturated carbocycles. The number of aromatic nitrogens is 3. The number of hydrogen-bond donors (Lipinski definition) is 0. The Balaban J connectivity index is 1.26. The third-order valence-electron chi connectivity index (χ3n) is 6.92. The predicted octanol–water partition coefficient (Wildman–Crippen LogP) is 9.09. The summed E-state index contributed by atoms with van der Waals surface area (Å²) in [4.78, 5) is 15.2. The molecule has 0 aliphatic rings. The third kappa shape index (κ3) is 4.61. The molecule has 0 spiro atoms. The molecule has 0 atom stereocenters. The fraction of sp³-hybridized carbons (Fsp3) is 0. The number of fused-ring (bicyclic) bond motifs is 1. The van der Waals surface area contributed by atoms with Gasteiger partial charge in [0, 0.05) is 40.6 Å². The van der Waals surface area contributed by atoms with Gasteiger partial charge in [0.1, 0.15) is 11.8 Å². The van der Waals surface area contributed by atoms with Crippen LogP contribution in [0.3, 0.4) is 0 Å². The lowest BCUT2D eigenvalue weighted by Gasteiger charge is -2.26. The molecule has 190 valence electrons. The van der Waals surface area contributed by atoms with Crippen molar-refractivity contribution in [2.24, 2.45) is 0 Å². The highest BCUT2D eigenvalue weighted by Crippen LogP contribution is 2.37. The maximum Gasteiger partial charge on any atom is 0.227 e. The number of anilines is 3. The van der Waals surface area contributed by atoms with Gasteiger partial charge >= 0.3 is 0 Å². The Hall–Kier alpha value is -5.55. The van der Waals surface area contributed by atoms with Gasteiger partial charge in [-0.2, -0.15) is 0 Å². The van der Waals surface area contributed by atoms with E-state index in [1.807, 2.05) is 42.7 Å². The molecular formula is C35H24N4O. The SMILES string of the molecule is c1ccc(-c2ccc(N(c3ccc(-c4cncnc4)cc3)c3ccc(-c4nc5ccccc5o4)cc3)cc2)cc1. The molecule has 0 N–H and O–H groups in total. The summed E-state index contributed by atoms with van der Waals surface area (Å²) in [5.74, 6) is 0.612. The fourth-order valence-electron chi connectivity index (χ4n) is 4.88. The van der Waals surface area contributed by atoms with E-state index in [1.165, 1.54) is 11.1 Å². The van der Waals surface area contributed by atoms with Gasteiger partial charge in [0.05, 0.1) is 0 Å². The molecule has 2 heterocycles. The minimum Gasteiger partial charge on any atom is -0.436 e. The summed E-state index contributed by atoms with van der Waals surface area (Å²) in [5.41, 5.74) is 10.1. The monoisotopic (exact) mass is 516 g/mol. The first-order valence-electron chi connectivity index (χ1n) is 13.1. The molecule has 40 heavy (non-hydrogen) atoms. The highest BCUT2D eigenvalue weighted by Gasteiger charge is 2.15. The van der Waals surface area contributed by atoms with Gasteiger partial charge < -0.3 is 9.32 Å². The second kappa shape index (κ2) is 10.3. The highest BCUT2D eigenvalue weighted by atomic mass is 16.3. The van der Waals surface area contributed by atoms with E-state index < -0.39 is 0 Å². The molecule has 0 fully saturated rings. The number of para-hydroxylation sites is 2. The topological polar surface area (TPSA) is 55.1 Å². The van der Waals surface area contributed by atoms with Crippen molar-refractivity contribution < 1.29 is 4.42 Å². The first-order chi connectivity index (χ1) is 19.8. The summed E-state index contributed by atoms with van der Waals surface area (Å²) in [6.45, 7) is 0. The van der Waals surface area contributed by atoms with E-state index in [0.29, 0.717) is 5.89 Å². The zero-order chi connectivity index (χ0) is 26.7. The van der Waals surface area contributed by atoms with Crippen LogP contribution in [0.1, 0.15) is 0 Å². The average Bonchev–Trinajstić information content (AvgIpc) is 3.48. The van der Waals surface area contributed by atoms with E-state index in [-0.39, 0.29) is 0 Å². The van der Waals surface area contributed by atoms with Crippen molar-refractivity contribution in [1.29, 1.82) is 0 Å². The van der Waals surface area contributed by atoms with Crippen molar-refractivity contribution in [3.8, 4) is 33.7 Å². The van der Waals surface area contributed by atoms with E-state index in [2.05, 4.69) is 117 Å². The van der Waals surface area contributed by atoms with Crippen molar-refractivity contribution in [2.75, 3.05) is 4.90 Å². The lowest BCUT2D eigenvalue weighted by Crippen LogP contribution is -2.09. The fourth-order valence-corrected chi connectivity index (χ4v) is 4.88. The maximum atomic E-state index is 6.00. The van der Waals surface area contributed by atoms with Crippen LogP contribution in [-0.4, -0.2) is 15.0 Å². The number of hydrogen-bond acceptors (Lipinski definition) is 5. The Kier molecular flexibility index (Phi) is 6.07. The molecule has 5 aromatic carbocycles. The number of benzene rings is 5. The zero-order valence-electron chi connectivity index (χ0n) is 21.6. The predicted molar refractivity (Wildman–Crippen MR) is 161 cm³/mol.